The van der Waals surface area contributed by atoms with Crippen LogP contribution in [-0.4, -0.2) is 71.7 Å². The van der Waals surface area contributed by atoms with Crippen LogP contribution in [-0.2, 0) is 16.0 Å². The van der Waals surface area contributed by atoms with Crippen LogP contribution >= 0.6 is 0 Å². The zero-order valence-corrected chi connectivity index (χ0v) is 17.9. The largest absolute Gasteiger partial charge is 0.444 e. The lowest BCUT2D eigenvalue weighted by Gasteiger charge is -2.35. The number of carbonyl (C=O) groups is 2. The van der Waals surface area contributed by atoms with E-state index in [0.29, 0.717) is 39.0 Å². The van der Waals surface area contributed by atoms with Crippen LogP contribution in [0.5, 0.6) is 0 Å². The van der Waals surface area contributed by atoms with Crippen molar-refractivity contribution in [3.05, 3.63) is 23.9 Å². The van der Waals surface area contributed by atoms with Crippen molar-refractivity contribution in [1.82, 2.24) is 14.8 Å². The van der Waals surface area contributed by atoms with E-state index in [1.807, 2.05) is 37.9 Å². The molecule has 156 valence electrons. The third-order valence-corrected chi connectivity index (χ3v) is 4.81. The number of rotatable bonds is 6. The van der Waals surface area contributed by atoms with Crippen LogP contribution in [0.4, 0.5) is 10.6 Å². The molecule has 1 fully saturated rings. The highest BCUT2D eigenvalue weighted by Crippen LogP contribution is 2.15. The third kappa shape index (κ3) is 6.39. The molecule has 0 N–H and O–H groups in total. The van der Waals surface area contributed by atoms with Crippen molar-refractivity contribution in [3.63, 3.8) is 0 Å². The summed E-state index contributed by atoms with van der Waals surface area (Å²) in [6, 6.07) is 4.04. The molecule has 1 aliphatic rings. The molecular weight excluding hydrogens is 356 g/mol. The summed E-state index contributed by atoms with van der Waals surface area (Å²) in [5.74, 6) is 1.09. The van der Waals surface area contributed by atoms with Gasteiger partial charge in [0, 0.05) is 51.9 Å². The van der Waals surface area contributed by atoms with E-state index >= 15 is 0 Å². The maximum Gasteiger partial charge on any atom is 0.410 e. The highest BCUT2D eigenvalue weighted by Gasteiger charge is 2.27. The molecule has 2 rings (SSSR count). The van der Waals surface area contributed by atoms with E-state index in [2.05, 4.69) is 29.8 Å². The molecule has 1 aromatic heterocycles. The molecule has 1 aliphatic heterocycles. The van der Waals surface area contributed by atoms with E-state index in [1.54, 1.807) is 4.90 Å². The number of anilines is 1. The predicted molar refractivity (Wildman–Crippen MR) is 111 cm³/mol. The van der Waals surface area contributed by atoms with E-state index < -0.39 is 5.60 Å². The molecule has 1 aromatic rings. The Kier molecular flexibility index (Phi) is 7.66. The zero-order chi connectivity index (χ0) is 20.7. The minimum Gasteiger partial charge on any atom is -0.444 e. The van der Waals surface area contributed by atoms with Crippen LogP contribution < -0.4 is 4.90 Å². The molecular formula is C21H34N4O3. The number of ether oxygens (including phenoxy) is 1. The van der Waals surface area contributed by atoms with Crippen LogP contribution in [0.3, 0.4) is 0 Å². The number of piperazine rings is 1. The molecule has 7 heteroatoms. The highest BCUT2D eigenvalue weighted by atomic mass is 16.6. The molecule has 0 unspecified atom stereocenters. The predicted octanol–water partition coefficient (Wildman–Crippen LogP) is 2.94. The smallest absolute Gasteiger partial charge is 0.410 e. The highest BCUT2D eigenvalue weighted by molar-refractivity contribution is 5.77. The van der Waals surface area contributed by atoms with E-state index in [0.717, 1.165) is 24.5 Å². The molecule has 2 heterocycles. The molecule has 1 saturated heterocycles. The summed E-state index contributed by atoms with van der Waals surface area (Å²) in [5.41, 5.74) is 0.621. The van der Waals surface area contributed by atoms with E-state index in [-0.39, 0.29) is 12.0 Å². The van der Waals surface area contributed by atoms with Crippen molar-refractivity contribution in [3.8, 4) is 0 Å². The number of aromatic nitrogens is 1. The molecule has 0 saturated carbocycles. The number of hydrogen-bond donors (Lipinski definition) is 0. The molecule has 0 atom stereocenters. The Morgan fingerprint density at radius 1 is 1.11 bits per heavy atom. The fourth-order valence-electron chi connectivity index (χ4n) is 3.21. The Bertz CT molecular complexity index is 660. The molecule has 0 radical (unpaired) electrons. The Labute approximate surface area is 168 Å². The maximum atomic E-state index is 12.6. The molecule has 0 bridgehead atoms. The van der Waals surface area contributed by atoms with Crippen molar-refractivity contribution in [2.45, 2.75) is 53.1 Å². The minimum atomic E-state index is -0.501. The second-order valence-corrected chi connectivity index (χ2v) is 8.04. The Hall–Kier alpha value is -2.31. The first-order chi connectivity index (χ1) is 13.2. The van der Waals surface area contributed by atoms with Gasteiger partial charge in [-0.2, -0.15) is 0 Å². The summed E-state index contributed by atoms with van der Waals surface area (Å²) < 4.78 is 5.40. The van der Waals surface area contributed by atoms with Gasteiger partial charge in [0.15, 0.2) is 0 Å². The third-order valence-electron chi connectivity index (χ3n) is 4.81. The Morgan fingerprint density at radius 3 is 2.29 bits per heavy atom. The first-order valence-corrected chi connectivity index (χ1v) is 10.2. The van der Waals surface area contributed by atoms with Crippen LogP contribution in [0.15, 0.2) is 18.3 Å². The molecule has 0 aromatic carbocycles. The summed E-state index contributed by atoms with van der Waals surface area (Å²) >= 11 is 0. The fourth-order valence-corrected chi connectivity index (χ4v) is 3.21. The van der Waals surface area contributed by atoms with Crippen LogP contribution in [0.2, 0.25) is 0 Å². The topological polar surface area (TPSA) is 66.0 Å². The number of hydrogen-bond acceptors (Lipinski definition) is 5. The van der Waals surface area contributed by atoms with Gasteiger partial charge >= 0.3 is 6.09 Å². The normalized spacial score (nSPS) is 14.8. The van der Waals surface area contributed by atoms with E-state index in [4.69, 9.17) is 4.74 Å². The standard InChI is InChI=1S/C21H34N4O3/c1-6-23(7-2)18-16-17(10-11-22-18)8-9-19(26)24-12-14-25(15-13-24)20(27)28-21(3,4)5/h10-11,16H,6-9,12-15H2,1-5H3. The van der Waals surface area contributed by atoms with Gasteiger partial charge in [0.25, 0.3) is 0 Å². The Balaban J connectivity index is 1.82. The van der Waals surface area contributed by atoms with Crippen molar-refractivity contribution in [1.29, 1.82) is 0 Å². The minimum absolute atomic E-state index is 0.130. The van der Waals surface area contributed by atoms with Gasteiger partial charge in [0.2, 0.25) is 5.91 Å². The Morgan fingerprint density at radius 2 is 1.71 bits per heavy atom. The number of carbonyl (C=O) groups excluding carboxylic acids is 2. The van der Waals surface area contributed by atoms with E-state index in [1.165, 1.54) is 0 Å². The van der Waals surface area contributed by atoms with Crippen molar-refractivity contribution < 1.29 is 14.3 Å². The van der Waals surface area contributed by atoms with Crippen LogP contribution in [0, 0.1) is 0 Å². The van der Waals surface area contributed by atoms with Gasteiger partial charge in [-0.3, -0.25) is 4.79 Å². The summed E-state index contributed by atoms with van der Waals surface area (Å²) in [7, 11) is 0. The number of nitrogens with zero attached hydrogens (tertiary/aromatic N) is 4. The fraction of sp³-hybridized carbons (Fsp3) is 0.667. The first-order valence-electron chi connectivity index (χ1n) is 10.2. The van der Waals surface area contributed by atoms with Gasteiger partial charge in [0.05, 0.1) is 0 Å². The zero-order valence-electron chi connectivity index (χ0n) is 17.9. The number of aryl methyl sites for hydroxylation is 1. The first kappa shape index (κ1) is 22.0. The van der Waals surface area contributed by atoms with Crippen molar-refractivity contribution in [2.24, 2.45) is 0 Å². The van der Waals surface area contributed by atoms with Crippen LogP contribution in [0.25, 0.3) is 0 Å². The second-order valence-electron chi connectivity index (χ2n) is 8.04. The molecule has 7 nitrogen and oxygen atoms in total. The van der Waals surface area contributed by atoms with E-state index in [9.17, 15) is 9.59 Å². The molecule has 2 amide bonds. The van der Waals surface area contributed by atoms with Gasteiger partial charge in [-0.05, 0) is 58.7 Å². The summed E-state index contributed by atoms with van der Waals surface area (Å²) in [6.07, 6.45) is 2.67. The van der Waals surface area contributed by atoms with Gasteiger partial charge in [0.1, 0.15) is 11.4 Å². The average Bonchev–Trinajstić information content (AvgIpc) is 2.66. The number of pyridine rings is 1. The maximum absolute atomic E-state index is 12.6. The van der Waals surface area contributed by atoms with Gasteiger partial charge in [-0.1, -0.05) is 0 Å². The van der Waals surface area contributed by atoms with Crippen molar-refractivity contribution >= 4 is 17.8 Å². The monoisotopic (exact) mass is 390 g/mol. The lowest BCUT2D eigenvalue weighted by atomic mass is 10.1. The quantitative estimate of drug-likeness (QED) is 0.747. The lowest BCUT2D eigenvalue weighted by molar-refractivity contribution is -0.132. The SMILES string of the molecule is CCN(CC)c1cc(CCC(=O)N2CCN(C(=O)OC(C)(C)C)CC2)ccn1. The van der Waals surface area contributed by atoms with Gasteiger partial charge in [-0.15, -0.1) is 0 Å². The average molecular weight is 391 g/mol. The second kappa shape index (κ2) is 9.75. The molecule has 0 aliphatic carbocycles. The summed E-state index contributed by atoms with van der Waals surface area (Å²) in [5, 5.41) is 0. The molecule has 28 heavy (non-hydrogen) atoms. The van der Waals surface area contributed by atoms with Crippen LogP contribution in [0.1, 0.15) is 46.6 Å². The summed E-state index contributed by atoms with van der Waals surface area (Å²) in [6.45, 7) is 13.8. The van der Waals surface area contributed by atoms with Crippen molar-refractivity contribution in [2.75, 3.05) is 44.2 Å². The summed E-state index contributed by atoms with van der Waals surface area (Å²) in [4.78, 5) is 34.8. The molecule has 0 spiro atoms. The van der Waals surface area contributed by atoms with Gasteiger partial charge in [-0.25, -0.2) is 9.78 Å². The number of amides is 2. The van der Waals surface area contributed by atoms with Gasteiger partial charge < -0.3 is 19.4 Å². The lowest BCUT2D eigenvalue weighted by Crippen LogP contribution is -2.51.